The van der Waals surface area contributed by atoms with E-state index in [0.29, 0.717) is 6.54 Å². The van der Waals surface area contributed by atoms with Gasteiger partial charge in [0, 0.05) is 57.2 Å². The first-order valence-corrected chi connectivity index (χ1v) is 13.0. The van der Waals surface area contributed by atoms with Crippen LogP contribution in [0.3, 0.4) is 0 Å². The molecule has 1 amide bonds. The molecule has 1 N–H and O–H groups in total. The zero-order valence-electron chi connectivity index (χ0n) is 22.3. The van der Waals surface area contributed by atoms with Gasteiger partial charge in [-0.05, 0) is 78.3 Å². The van der Waals surface area contributed by atoms with Crippen LogP contribution in [0, 0.1) is 13.8 Å². The van der Waals surface area contributed by atoms with Gasteiger partial charge in [0.15, 0.2) is 0 Å². The highest BCUT2D eigenvalue weighted by atomic mass is 16.6. The second-order valence-electron chi connectivity index (χ2n) is 10.6. The predicted molar refractivity (Wildman–Crippen MR) is 147 cm³/mol. The Morgan fingerprint density at radius 2 is 1.26 bits per heavy atom. The molecule has 2 aliphatic heterocycles. The summed E-state index contributed by atoms with van der Waals surface area (Å²) in [5.41, 5.74) is 4.76. The number of benzene rings is 2. The van der Waals surface area contributed by atoms with Crippen LogP contribution in [0.25, 0.3) is 0 Å². The van der Waals surface area contributed by atoms with Crippen molar-refractivity contribution in [2.75, 3.05) is 62.2 Å². The third kappa shape index (κ3) is 9.10. The summed E-state index contributed by atoms with van der Waals surface area (Å²) >= 11 is 0. The van der Waals surface area contributed by atoms with Crippen LogP contribution in [-0.2, 0) is 4.74 Å². The van der Waals surface area contributed by atoms with Crippen molar-refractivity contribution >= 4 is 17.5 Å². The van der Waals surface area contributed by atoms with Crippen molar-refractivity contribution in [1.29, 1.82) is 0 Å². The van der Waals surface area contributed by atoms with Crippen molar-refractivity contribution in [3.05, 3.63) is 59.7 Å². The molecule has 0 saturated carbocycles. The van der Waals surface area contributed by atoms with E-state index in [2.05, 4.69) is 77.5 Å². The van der Waals surface area contributed by atoms with Crippen molar-refractivity contribution in [3.8, 4) is 0 Å². The van der Waals surface area contributed by atoms with Gasteiger partial charge in [-0.15, -0.1) is 0 Å². The van der Waals surface area contributed by atoms with Gasteiger partial charge in [-0.1, -0.05) is 35.4 Å². The standard InChI is InChI=1S/C17H26N2O2.C12H18N2/c1-14-6-8-15(9-7-14)18-10-5-11-19(13-12-18)16(20)21-17(2,3)4;1-11-3-5-12(6-4-11)14-9-2-7-13-8-10-14/h6-9H,5,10-13H2,1-4H3;3-6,13H,2,7-10H2,1H3. The Morgan fingerprint density at radius 3 is 1.83 bits per heavy atom. The number of nitrogens with zero attached hydrogens (tertiary/aromatic N) is 3. The number of aryl methyl sites for hydroxylation is 2. The molecule has 2 heterocycles. The number of hydrogen-bond acceptors (Lipinski definition) is 5. The fourth-order valence-corrected chi connectivity index (χ4v) is 4.30. The Morgan fingerprint density at radius 1 is 0.714 bits per heavy atom. The Hall–Kier alpha value is -2.73. The summed E-state index contributed by atoms with van der Waals surface area (Å²) in [4.78, 5) is 18.8. The molecule has 0 aliphatic carbocycles. The van der Waals surface area contributed by atoms with Gasteiger partial charge in [-0.25, -0.2) is 4.79 Å². The summed E-state index contributed by atoms with van der Waals surface area (Å²) in [5.74, 6) is 0. The molecule has 0 atom stereocenters. The smallest absolute Gasteiger partial charge is 0.410 e. The monoisotopic (exact) mass is 480 g/mol. The summed E-state index contributed by atoms with van der Waals surface area (Å²) in [6.07, 6.45) is 2.01. The number of nitrogens with one attached hydrogen (secondary N) is 1. The average Bonchev–Trinajstić information content (AvgIpc) is 3.23. The zero-order valence-corrected chi connectivity index (χ0v) is 22.3. The van der Waals surface area contributed by atoms with Gasteiger partial charge < -0.3 is 24.8 Å². The molecule has 192 valence electrons. The number of carbonyl (C=O) groups excluding carboxylic acids is 1. The minimum Gasteiger partial charge on any atom is -0.444 e. The molecule has 2 saturated heterocycles. The lowest BCUT2D eigenvalue weighted by Crippen LogP contribution is -2.39. The number of anilines is 2. The highest BCUT2D eigenvalue weighted by Gasteiger charge is 2.24. The maximum atomic E-state index is 12.1. The fourth-order valence-electron chi connectivity index (χ4n) is 4.30. The molecule has 35 heavy (non-hydrogen) atoms. The molecule has 0 unspecified atom stereocenters. The van der Waals surface area contributed by atoms with E-state index in [-0.39, 0.29) is 6.09 Å². The van der Waals surface area contributed by atoms with Gasteiger partial charge in [0.05, 0.1) is 0 Å². The van der Waals surface area contributed by atoms with Crippen molar-refractivity contribution < 1.29 is 9.53 Å². The van der Waals surface area contributed by atoms with Crippen molar-refractivity contribution in [1.82, 2.24) is 10.2 Å². The first-order valence-electron chi connectivity index (χ1n) is 13.0. The van der Waals surface area contributed by atoms with Crippen molar-refractivity contribution in [2.24, 2.45) is 0 Å². The highest BCUT2D eigenvalue weighted by Crippen LogP contribution is 2.19. The van der Waals surface area contributed by atoms with E-state index >= 15 is 0 Å². The minimum atomic E-state index is -0.431. The number of carbonyl (C=O) groups is 1. The summed E-state index contributed by atoms with van der Waals surface area (Å²) in [6.45, 7) is 17.8. The Bertz CT molecular complexity index is 898. The van der Waals surface area contributed by atoms with E-state index in [9.17, 15) is 4.79 Å². The quantitative estimate of drug-likeness (QED) is 0.637. The van der Waals surface area contributed by atoms with Crippen LogP contribution in [0.5, 0.6) is 0 Å². The van der Waals surface area contributed by atoms with Crippen LogP contribution in [0.1, 0.15) is 44.7 Å². The van der Waals surface area contributed by atoms with Crippen LogP contribution >= 0.6 is 0 Å². The number of amides is 1. The van der Waals surface area contributed by atoms with E-state index in [1.54, 1.807) is 0 Å². The van der Waals surface area contributed by atoms with Gasteiger partial charge in [0.25, 0.3) is 0 Å². The van der Waals surface area contributed by atoms with Crippen LogP contribution in [-0.4, -0.2) is 69.0 Å². The molecule has 2 aromatic rings. The van der Waals surface area contributed by atoms with Gasteiger partial charge >= 0.3 is 6.09 Å². The second kappa shape index (κ2) is 12.8. The summed E-state index contributed by atoms with van der Waals surface area (Å²) in [5, 5.41) is 3.42. The van der Waals surface area contributed by atoms with Gasteiger partial charge in [0.1, 0.15) is 5.60 Å². The molecule has 0 bridgehead atoms. The van der Waals surface area contributed by atoms with Crippen LogP contribution in [0.2, 0.25) is 0 Å². The maximum absolute atomic E-state index is 12.1. The fraction of sp³-hybridized carbons (Fsp3) is 0.552. The first-order chi connectivity index (χ1) is 16.7. The molecule has 2 aliphatic rings. The lowest BCUT2D eigenvalue weighted by Gasteiger charge is -2.27. The van der Waals surface area contributed by atoms with Crippen molar-refractivity contribution in [2.45, 2.75) is 53.1 Å². The summed E-state index contributed by atoms with van der Waals surface area (Å²) in [6, 6.07) is 17.4. The lowest BCUT2D eigenvalue weighted by atomic mass is 10.2. The van der Waals surface area contributed by atoms with Gasteiger partial charge in [-0.3, -0.25) is 0 Å². The van der Waals surface area contributed by atoms with Crippen molar-refractivity contribution in [3.63, 3.8) is 0 Å². The topological polar surface area (TPSA) is 48.1 Å². The van der Waals surface area contributed by atoms with Crippen LogP contribution in [0.4, 0.5) is 16.2 Å². The molecule has 0 spiro atoms. The molecular weight excluding hydrogens is 436 g/mol. The third-order valence-electron chi connectivity index (χ3n) is 6.29. The molecule has 6 nitrogen and oxygen atoms in total. The summed E-state index contributed by atoms with van der Waals surface area (Å²) in [7, 11) is 0. The number of hydrogen-bond donors (Lipinski definition) is 1. The Kier molecular flexibility index (Phi) is 9.84. The first kappa shape index (κ1) is 26.9. The normalized spacial score (nSPS) is 17.1. The number of ether oxygens (including phenoxy) is 1. The molecule has 2 aromatic carbocycles. The Balaban J connectivity index is 0.000000211. The molecule has 0 aromatic heterocycles. The third-order valence-corrected chi connectivity index (χ3v) is 6.29. The van der Waals surface area contributed by atoms with E-state index in [1.165, 1.54) is 35.5 Å². The van der Waals surface area contributed by atoms with E-state index in [4.69, 9.17) is 4.74 Å². The summed E-state index contributed by atoms with van der Waals surface area (Å²) < 4.78 is 5.46. The molecule has 6 heteroatoms. The van der Waals surface area contributed by atoms with E-state index < -0.39 is 5.60 Å². The van der Waals surface area contributed by atoms with Crippen LogP contribution < -0.4 is 15.1 Å². The Labute approximate surface area is 212 Å². The second-order valence-corrected chi connectivity index (χ2v) is 10.6. The maximum Gasteiger partial charge on any atom is 0.410 e. The molecule has 0 radical (unpaired) electrons. The van der Waals surface area contributed by atoms with Crippen LogP contribution in [0.15, 0.2) is 48.5 Å². The van der Waals surface area contributed by atoms with E-state index in [1.807, 2.05) is 25.7 Å². The molecule has 2 fully saturated rings. The van der Waals surface area contributed by atoms with Gasteiger partial charge in [-0.2, -0.15) is 0 Å². The van der Waals surface area contributed by atoms with E-state index in [0.717, 1.165) is 45.7 Å². The average molecular weight is 481 g/mol. The SMILES string of the molecule is Cc1ccc(N2CCCN(C(=O)OC(C)(C)C)CC2)cc1.Cc1ccc(N2CCCNCC2)cc1. The largest absolute Gasteiger partial charge is 0.444 e. The number of rotatable bonds is 2. The zero-order chi connectivity index (χ0) is 25.3. The lowest BCUT2D eigenvalue weighted by molar-refractivity contribution is 0.0263. The molecule has 4 rings (SSSR count). The van der Waals surface area contributed by atoms with Gasteiger partial charge in [0.2, 0.25) is 0 Å². The minimum absolute atomic E-state index is 0.201. The highest BCUT2D eigenvalue weighted by molar-refractivity contribution is 5.68. The predicted octanol–water partition coefficient (Wildman–Crippen LogP) is 5.24. The molecular formula is C29H44N4O2.